The van der Waals surface area contributed by atoms with Gasteiger partial charge in [-0.25, -0.2) is 15.0 Å². The Morgan fingerprint density at radius 2 is 0.833 bits per heavy atom. The summed E-state index contributed by atoms with van der Waals surface area (Å²) in [6.45, 7) is 0. The van der Waals surface area contributed by atoms with Crippen molar-refractivity contribution in [3.05, 3.63) is 176 Å². The second kappa shape index (κ2) is 12.3. The maximum atomic E-state index is 6.94. The van der Waals surface area contributed by atoms with Gasteiger partial charge in [0.15, 0.2) is 17.5 Å². The molecule has 0 fully saturated rings. The van der Waals surface area contributed by atoms with E-state index >= 15 is 0 Å². The molecule has 0 aliphatic carbocycles. The molecule has 11 aromatic rings. The maximum absolute atomic E-state index is 6.94. The summed E-state index contributed by atoms with van der Waals surface area (Å²) in [5.41, 5.74) is 8.84. The monoisotopic (exact) mass is 707 g/mol. The highest BCUT2D eigenvalue weighted by Gasteiger charge is 2.22. The van der Waals surface area contributed by atoms with E-state index in [1.807, 2.05) is 12.1 Å². The lowest BCUT2D eigenvalue weighted by Gasteiger charge is -2.12. The van der Waals surface area contributed by atoms with Gasteiger partial charge >= 0.3 is 0 Å². The summed E-state index contributed by atoms with van der Waals surface area (Å²) in [5, 5.41) is 6.73. The van der Waals surface area contributed by atoms with Crippen LogP contribution in [0.15, 0.2) is 180 Å². The van der Waals surface area contributed by atoms with Crippen molar-refractivity contribution >= 4 is 64.2 Å². The summed E-state index contributed by atoms with van der Waals surface area (Å²) in [6.07, 6.45) is 0. The van der Waals surface area contributed by atoms with Gasteiger partial charge in [-0.1, -0.05) is 152 Å². The number of hydrogen-bond acceptors (Lipinski definition) is 5. The molecule has 0 atom stereocenters. The zero-order valence-electron chi connectivity index (χ0n) is 28.9. The largest absolute Gasteiger partial charge is 0.455 e. The Bertz CT molecular complexity index is 3220. The van der Waals surface area contributed by atoms with Gasteiger partial charge in [-0.2, -0.15) is 0 Å². The normalized spacial score (nSPS) is 11.7. The fraction of sp³-hybridized carbons (Fsp3) is 0. The molecule has 0 radical (unpaired) electrons. The van der Waals surface area contributed by atoms with E-state index in [0.717, 1.165) is 65.2 Å². The molecule has 3 heterocycles. The first-order chi connectivity index (χ1) is 26.8. The lowest BCUT2D eigenvalue weighted by Crippen LogP contribution is -2.01. The summed E-state index contributed by atoms with van der Waals surface area (Å²) >= 11 is 1.77. The van der Waals surface area contributed by atoms with Crippen molar-refractivity contribution in [1.29, 1.82) is 0 Å². The van der Waals surface area contributed by atoms with Crippen LogP contribution in [0.5, 0.6) is 0 Å². The highest BCUT2D eigenvalue weighted by atomic mass is 32.1. The minimum atomic E-state index is 0.563. The SMILES string of the molecule is c1ccc(-c2ccccc2-c2nc(-c3cccc4c3oc3c5ccccc5c(-c5ccccc5)cc43)nc(-c3cccc4c3sc3ccccc34)n2)cc1. The third kappa shape index (κ3) is 4.86. The maximum Gasteiger partial charge on any atom is 0.167 e. The van der Waals surface area contributed by atoms with Crippen LogP contribution in [0, 0.1) is 0 Å². The standard InChI is InChI=1S/C49H29N3OS/c1-3-15-30(16-4-1)32-19-7-10-23-38(32)47-50-48(52-49(51-47)40-27-14-25-37-34-21-11-12-28-43(34)54-46(37)40)39-26-13-24-36-42-29-41(31-17-5-2-6-18-31)33-20-8-9-22-35(33)45(42)53-44(36)39/h1-29H. The second-order valence-electron chi connectivity index (χ2n) is 13.5. The van der Waals surface area contributed by atoms with Gasteiger partial charge in [0, 0.05) is 47.5 Å². The molecule has 0 unspecified atom stereocenters. The first-order valence-electron chi connectivity index (χ1n) is 18.0. The Hall–Kier alpha value is -6.95. The minimum Gasteiger partial charge on any atom is -0.455 e. The Kier molecular flexibility index (Phi) is 7.00. The van der Waals surface area contributed by atoms with Gasteiger partial charge in [-0.15, -0.1) is 11.3 Å². The van der Waals surface area contributed by atoms with Crippen LogP contribution in [-0.4, -0.2) is 15.0 Å². The quantitative estimate of drug-likeness (QED) is 0.179. The number of furan rings is 1. The van der Waals surface area contributed by atoms with E-state index in [-0.39, 0.29) is 0 Å². The molecule has 252 valence electrons. The number of para-hydroxylation sites is 1. The van der Waals surface area contributed by atoms with E-state index in [2.05, 4.69) is 164 Å². The average Bonchev–Trinajstić information content (AvgIpc) is 3.83. The van der Waals surface area contributed by atoms with Gasteiger partial charge in [0.1, 0.15) is 11.2 Å². The summed E-state index contributed by atoms with van der Waals surface area (Å²) < 4.78 is 9.33. The predicted octanol–water partition coefficient (Wildman–Crippen LogP) is 13.6. The molecule has 0 aliphatic heterocycles. The molecule has 0 saturated heterocycles. The van der Waals surface area contributed by atoms with Gasteiger partial charge < -0.3 is 4.42 Å². The van der Waals surface area contributed by atoms with E-state index in [4.69, 9.17) is 19.4 Å². The Morgan fingerprint density at radius 1 is 0.333 bits per heavy atom. The summed E-state index contributed by atoms with van der Waals surface area (Å²) in [4.78, 5) is 15.8. The molecule has 0 amide bonds. The Labute approximate surface area is 314 Å². The van der Waals surface area contributed by atoms with E-state index < -0.39 is 0 Å². The van der Waals surface area contributed by atoms with Crippen LogP contribution in [-0.2, 0) is 0 Å². The molecule has 5 heteroatoms. The molecule has 0 spiro atoms. The first kappa shape index (κ1) is 30.7. The zero-order valence-corrected chi connectivity index (χ0v) is 29.7. The van der Waals surface area contributed by atoms with Crippen molar-refractivity contribution in [2.45, 2.75) is 0 Å². The highest BCUT2D eigenvalue weighted by molar-refractivity contribution is 7.26. The molecule has 11 rings (SSSR count). The summed E-state index contributed by atoms with van der Waals surface area (Å²) in [5.74, 6) is 1.80. The molecule has 3 aromatic heterocycles. The lowest BCUT2D eigenvalue weighted by atomic mass is 9.95. The number of benzene rings is 8. The number of rotatable bonds is 5. The molecule has 0 saturated carbocycles. The van der Waals surface area contributed by atoms with Crippen LogP contribution in [0.2, 0.25) is 0 Å². The fourth-order valence-corrected chi connectivity index (χ4v) is 9.07. The Balaban J connectivity index is 1.20. The van der Waals surface area contributed by atoms with Crippen molar-refractivity contribution in [3.63, 3.8) is 0 Å². The molecular weight excluding hydrogens is 679 g/mol. The zero-order chi connectivity index (χ0) is 35.6. The van der Waals surface area contributed by atoms with Crippen molar-refractivity contribution < 1.29 is 4.42 Å². The number of hydrogen-bond donors (Lipinski definition) is 0. The van der Waals surface area contributed by atoms with Crippen LogP contribution < -0.4 is 0 Å². The Morgan fingerprint density at radius 3 is 1.59 bits per heavy atom. The number of aromatic nitrogens is 3. The first-order valence-corrected chi connectivity index (χ1v) is 18.8. The van der Waals surface area contributed by atoms with Crippen molar-refractivity contribution in [3.8, 4) is 56.4 Å². The molecule has 54 heavy (non-hydrogen) atoms. The van der Waals surface area contributed by atoms with Crippen molar-refractivity contribution in [1.82, 2.24) is 15.0 Å². The van der Waals surface area contributed by atoms with Crippen LogP contribution in [0.1, 0.15) is 0 Å². The van der Waals surface area contributed by atoms with Crippen LogP contribution in [0.3, 0.4) is 0 Å². The van der Waals surface area contributed by atoms with E-state index in [1.165, 1.54) is 26.6 Å². The average molecular weight is 708 g/mol. The van der Waals surface area contributed by atoms with Gasteiger partial charge in [-0.05, 0) is 51.9 Å². The molecular formula is C49H29N3OS. The van der Waals surface area contributed by atoms with Gasteiger partial charge in [0.25, 0.3) is 0 Å². The third-order valence-corrected chi connectivity index (χ3v) is 11.6. The fourth-order valence-electron chi connectivity index (χ4n) is 7.86. The van der Waals surface area contributed by atoms with E-state index in [0.29, 0.717) is 17.5 Å². The van der Waals surface area contributed by atoms with E-state index in [9.17, 15) is 0 Å². The summed E-state index contributed by atoms with van der Waals surface area (Å²) in [7, 11) is 0. The van der Waals surface area contributed by atoms with E-state index in [1.54, 1.807) is 11.3 Å². The van der Waals surface area contributed by atoms with Gasteiger partial charge in [0.05, 0.1) is 5.56 Å². The number of fused-ring (bicyclic) bond motifs is 8. The van der Waals surface area contributed by atoms with Gasteiger partial charge in [0.2, 0.25) is 0 Å². The smallest absolute Gasteiger partial charge is 0.167 e. The van der Waals surface area contributed by atoms with Crippen LogP contribution in [0.4, 0.5) is 0 Å². The van der Waals surface area contributed by atoms with Crippen LogP contribution >= 0.6 is 11.3 Å². The third-order valence-electron chi connectivity index (χ3n) is 10.4. The highest BCUT2D eigenvalue weighted by Crippen LogP contribution is 2.44. The molecule has 0 bridgehead atoms. The topological polar surface area (TPSA) is 51.8 Å². The lowest BCUT2D eigenvalue weighted by molar-refractivity contribution is 0.673. The van der Waals surface area contributed by atoms with Crippen molar-refractivity contribution in [2.75, 3.05) is 0 Å². The second-order valence-corrected chi connectivity index (χ2v) is 14.5. The molecule has 4 nitrogen and oxygen atoms in total. The van der Waals surface area contributed by atoms with Gasteiger partial charge in [-0.3, -0.25) is 0 Å². The molecule has 8 aromatic carbocycles. The van der Waals surface area contributed by atoms with Crippen molar-refractivity contribution in [2.24, 2.45) is 0 Å². The molecule has 0 aliphatic rings. The summed E-state index contributed by atoms with van der Waals surface area (Å²) in [6, 6.07) is 61.4. The number of thiophene rings is 1. The number of nitrogens with zero attached hydrogens (tertiary/aromatic N) is 3. The molecule has 0 N–H and O–H groups in total. The minimum absolute atomic E-state index is 0.563. The van der Waals surface area contributed by atoms with Crippen LogP contribution in [0.25, 0.3) is 109 Å². The predicted molar refractivity (Wildman–Crippen MR) is 225 cm³/mol.